The molecule has 5 nitrogen and oxygen atoms in total. The SMILES string of the molecule is CCCc1ccc(NC(=O)Cc2nn(C)c(=O)c3ccccc23)cc1. The largest absolute Gasteiger partial charge is 0.326 e. The average molecular weight is 335 g/mol. The highest BCUT2D eigenvalue weighted by Gasteiger charge is 2.12. The van der Waals surface area contributed by atoms with Gasteiger partial charge in [0.15, 0.2) is 0 Å². The lowest BCUT2D eigenvalue weighted by Gasteiger charge is -2.09. The third-order valence-electron chi connectivity index (χ3n) is 4.14. The van der Waals surface area contributed by atoms with Crippen LogP contribution in [0.25, 0.3) is 10.8 Å². The van der Waals surface area contributed by atoms with E-state index in [0.29, 0.717) is 11.1 Å². The Morgan fingerprint density at radius 3 is 2.44 bits per heavy atom. The number of fused-ring (bicyclic) bond motifs is 1. The minimum Gasteiger partial charge on any atom is -0.326 e. The number of hydrogen-bond donors (Lipinski definition) is 1. The van der Waals surface area contributed by atoms with Gasteiger partial charge in [0.2, 0.25) is 5.91 Å². The lowest BCUT2D eigenvalue weighted by Crippen LogP contribution is -2.24. The molecule has 1 N–H and O–H groups in total. The maximum Gasteiger partial charge on any atom is 0.274 e. The van der Waals surface area contributed by atoms with Crippen molar-refractivity contribution in [1.82, 2.24) is 9.78 Å². The Bertz CT molecular complexity index is 959. The fourth-order valence-electron chi connectivity index (χ4n) is 2.91. The van der Waals surface area contributed by atoms with Crippen LogP contribution in [0.5, 0.6) is 0 Å². The number of aromatic nitrogens is 2. The van der Waals surface area contributed by atoms with Crippen molar-refractivity contribution in [1.29, 1.82) is 0 Å². The summed E-state index contributed by atoms with van der Waals surface area (Å²) < 4.78 is 1.28. The third kappa shape index (κ3) is 3.76. The summed E-state index contributed by atoms with van der Waals surface area (Å²) in [7, 11) is 1.60. The first-order valence-electron chi connectivity index (χ1n) is 8.42. The molecule has 0 aliphatic rings. The van der Waals surface area contributed by atoms with Crippen LogP contribution in [0.15, 0.2) is 53.3 Å². The van der Waals surface area contributed by atoms with Crippen LogP contribution in [0.2, 0.25) is 0 Å². The van der Waals surface area contributed by atoms with Crippen molar-refractivity contribution in [2.45, 2.75) is 26.2 Å². The van der Waals surface area contributed by atoms with E-state index >= 15 is 0 Å². The zero-order valence-electron chi connectivity index (χ0n) is 14.5. The molecule has 0 spiro atoms. The molecule has 0 bridgehead atoms. The van der Waals surface area contributed by atoms with Crippen molar-refractivity contribution >= 4 is 22.4 Å². The zero-order valence-corrected chi connectivity index (χ0v) is 14.5. The Hall–Kier alpha value is -2.95. The molecule has 0 saturated heterocycles. The summed E-state index contributed by atoms with van der Waals surface area (Å²) in [5.41, 5.74) is 2.45. The monoisotopic (exact) mass is 335 g/mol. The minimum atomic E-state index is -0.161. The molecule has 128 valence electrons. The lowest BCUT2D eigenvalue weighted by atomic mass is 10.1. The van der Waals surface area contributed by atoms with E-state index < -0.39 is 0 Å². The molecule has 1 aromatic heterocycles. The topological polar surface area (TPSA) is 64.0 Å². The number of hydrogen-bond acceptors (Lipinski definition) is 3. The number of carbonyl (C=O) groups excluding carboxylic acids is 1. The van der Waals surface area contributed by atoms with E-state index in [0.717, 1.165) is 23.9 Å². The van der Waals surface area contributed by atoms with Crippen molar-refractivity contribution in [2.24, 2.45) is 7.05 Å². The smallest absolute Gasteiger partial charge is 0.274 e. The average Bonchev–Trinajstić information content (AvgIpc) is 2.61. The highest BCUT2D eigenvalue weighted by atomic mass is 16.1. The molecule has 0 aliphatic heterocycles. The highest BCUT2D eigenvalue weighted by Crippen LogP contribution is 2.15. The molecule has 25 heavy (non-hydrogen) atoms. The van der Waals surface area contributed by atoms with Gasteiger partial charge < -0.3 is 5.32 Å². The van der Waals surface area contributed by atoms with Crippen LogP contribution in [0.3, 0.4) is 0 Å². The number of carbonyl (C=O) groups is 1. The Labute approximate surface area is 146 Å². The second kappa shape index (κ2) is 7.30. The van der Waals surface area contributed by atoms with Crippen molar-refractivity contribution in [3.8, 4) is 0 Å². The first-order valence-corrected chi connectivity index (χ1v) is 8.42. The van der Waals surface area contributed by atoms with Crippen LogP contribution in [-0.2, 0) is 24.7 Å². The van der Waals surface area contributed by atoms with E-state index in [9.17, 15) is 9.59 Å². The van der Waals surface area contributed by atoms with Gasteiger partial charge in [-0.15, -0.1) is 0 Å². The first-order chi connectivity index (χ1) is 12.1. The molecule has 3 rings (SSSR count). The van der Waals surface area contributed by atoms with Crippen LogP contribution in [0.4, 0.5) is 5.69 Å². The summed E-state index contributed by atoms with van der Waals surface area (Å²) in [6.45, 7) is 2.14. The third-order valence-corrected chi connectivity index (χ3v) is 4.14. The second-order valence-corrected chi connectivity index (χ2v) is 6.09. The van der Waals surface area contributed by atoms with Crippen LogP contribution in [0.1, 0.15) is 24.6 Å². The summed E-state index contributed by atoms with van der Waals surface area (Å²) in [4.78, 5) is 24.5. The van der Waals surface area contributed by atoms with Crippen LogP contribution >= 0.6 is 0 Å². The van der Waals surface area contributed by atoms with Gasteiger partial charge in [0, 0.05) is 18.1 Å². The number of nitrogens with one attached hydrogen (secondary N) is 1. The first kappa shape index (κ1) is 16.9. The van der Waals surface area contributed by atoms with Gasteiger partial charge >= 0.3 is 0 Å². The predicted molar refractivity (Wildman–Crippen MR) is 99.8 cm³/mol. The molecule has 5 heteroatoms. The molecule has 0 aliphatic carbocycles. The van der Waals surface area contributed by atoms with E-state index in [4.69, 9.17) is 0 Å². The molecule has 2 aromatic carbocycles. The van der Waals surface area contributed by atoms with Gasteiger partial charge in [0.25, 0.3) is 5.56 Å². The number of amides is 1. The molecule has 0 unspecified atom stereocenters. The van der Waals surface area contributed by atoms with Crippen LogP contribution in [-0.4, -0.2) is 15.7 Å². The van der Waals surface area contributed by atoms with Crippen molar-refractivity contribution in [3.05, 3.63) is 70.1 Å². The van der Waals surface area contributed by atoms with Crippen LogP contribution < -0.4 is 10.9 Å². The molecular weight excluding hydrogens is 314 g/mol. The van der Waals surface area contributed by atoms with Crippen molar-refractivity contribution < 1.29 is 4.79 Å². The van der Waals surface area contributed by atoms with Gasteiger partial charge in [0.05, 0.1) is 17.5 Å². The molecule has 1 heterocycles. The molecular formula is C20H21N3O2. The van der Waals surface area contributed by atoms with E-state index in [1.165, 1.54) is 10.2 Å². The molecule has 0 fully saturated rings. The normalized spacial score (nSPS) is 10.8. The van der Waals surface area contributed by atoms with E-state index in [2.05, 4.69) is 17.3 Å². The van der Waals surface area contributed by atoms with Gasteiger partial charge in [-0.3, -0.25) is 9.59 Å². The molecule has 0 radical (unpaired) electrons. The minimum absolute atomic E-state index is 0.116. The van der Waals surface area contributed by atoms with Gasteiger partial charge in [-0.25, -0.2) is 4.68 Å². The molecule has 1 amide bonds. The number of anilines is 1. The Kier molecular flexibility index (Phi) is 4.93. The quantitative estimate of drug-likeness (QED) is 0.779. The summed E-state index contributed by atoms with van der Waals surface area (Å²) in [5, 5.41) is 8.45. The Balaban J connectivity index is 1.80. The Morgan fingerprint density at radius 1 is 1.08 bits per heavy atom. The summed E-state index contributed by atoms with van der Waals surface area (Å²) in [5.74, 6) is -0.153. The fraction of sp³-hybridized carbons (Fsp3) is 0.250. The zero-order chi connectivity index (χ0) is 17.8. The van der Waals surface area contributed by atoms with Crippen molar-refractivity contribution in [3.63, 3.8) is 0 Å². The summed E-state index contributed by atoms with van der Waals surface area (Å²) >= 11 is 0. The highest BCUT2D eigenvalue weighted by molar-refractivity contribution is 5.95. The van der Waals surface area contributed by atoms with Gasteiger partial charge in [-0.05, 0) is 30.2 Å². The van der Waals surface area contributed by atoms with Gasteiger partial charge in [0.1, 0.15) is 0 Å². The molecule has 3 aromatic rings. The summed E-state index contributed by atoms with van der Waals surface area (Å²) in [6, 6.07) is 15.1. The Morgan fingerprint density at radius 2 is 1.76 bits per heavy atom. The fourth-order valence-corrected chi connectivity index (χ4v) is 2.91. The summed E-state index contributed by atoms with van der Waals surface area (Å²) in [6.07, 6.45) is 2.24. The predicted octanol–water partition coefficient (Wildman–Crippen LogP) is 3.07. The number of aryl methyl sites for hydroxylation is 2. The lowest BCUT2D eigenvalue weighted by molar-refractivity contribution is -0.115. The number of nitrogens with zero attached hydrogens (tertiary/aromatic N) is 2. The van der Waals surface area contributed by atoms with E-state index in [1.807, 2.05) is 42.5 Å². The second-order valence-electron chi connectivity index (χ2n) is 6.09. The van der Waals surface area contributed by atoms with Crippen molar-refractivity contribution in [2.75, 3.05) is 5.32 Å². The standard InChI is InChI=1S/C20H21N3O2/c1-3-6-14-9-11-15(12-10-14)21-19(24)13-18-16-7-4-5-8-17(16)20(25)23(2)22-18/h4-5,7-12H,3,6,13H2,1-2H3,(H,21,24). The van der Waals surface area contributed by atoms with Gasteiger partial charge in [-0.1, -0.05) is 43.7 Å². The maximum absolute atomic E-state index is 12.4. The van der Waals surface area contributed by atoms with E-state index in [-0.39, 0.29) is 17.9 Å². The van der Waals surface area contributed by atoms with Crippen LogP contribution in [0, 0.1) is 0 Å². The number of rotatable bonds is 5. The maximum atomic E-state index is 12.4. The molecule has 0 saturated carbocycles. The van der Waals surface area contributed by atoms with E-state index in [1.54, 1.807) is 13.1 Å². The number of benzene rings is 2. The van der Waals surface area contributed by atoms with Gasteiger partial charge in [-0.2, -0.15) is 5.10 Å². The molecule has 0 atom stereocenters.